The summed E-state index contributed by atoms with van der Waals surface area (Å²) in [7, 11) is 1.64. The highest BCUT2D eigenvalue weighted by Gasteiger charge is 2.20. The second kappa shape index (κ2) is 9.02. The molecule has 8 heteroatoms. The average molecular weight is 450 g/mol. The fourth-order valence-electron chi connectivity index (χ4n) is 3.61. The van der Waals surface area contributed by atoms with Gasteiger partial charge in [0.2, 0.25) is 0 Å². The maximum Gasteiger partial charge on any atom is 0.196 e. The largest absolute Gasteiger partial charge is 0.497 e. The minimum absolute atomic E-state index is 0.165. The van der Waals surface area contributed by atoms with Crippen molar-refractivity contribution in [1.29, 1.82) is 0 Å². The van der Waals surface area contributed by atoms with Gasteiger partial charge in [0.1, 0.15) is 17.3 Å². The van der Waals surface area contributed by atoms with Crippen LogP contribution in [0.25, 0.3) is 17.1 Å². The van der Waals surface area contributed by atoms with Gasteiger partial charge in [0, 0.05) is 28.1 Å². The zero-order valence-corrected chi connectivity index (χ0v) is 18.1. The number of methoxy groups -OCH3 is 1. The first-order valence-electron chi connectivity index (χ1n) is 10.0. The Morgan fingerprint density at radius 3 is 2.66 bits per heavy atom. The van der Waals surface area contributed by atoms with Gasteiger partial charge in [-0.3, -0.25) is 4.57 Å². The van der Waals surface area contributed by atoms with Crippen LogP contribution in [0.3, 0.4) is 0 Å². The van der Waals surface area contributed by atoms with Crippen LogP contribution >= 0.6 is 11.8 Å². The fourth-order valence-corrected chi connectivity index (χ4v) is 4.53. The van der Waals surface area contributed by atoms with E-state index in [1.807, 2.05) is 59.2 Å². The Bertz CT molecular complexity index is 1230. The predicted octanol–water partition coefficient (Wildman–Crippen LogP) is 5.24. The maximum absolute atomic E-state index is 14.1. The lowest BCUT2D eigenvalue weighted by Crippen LogP contribution is -2.13. The molecule has 0 atom stereocenters. The fraction of sp³-hybridized carbons (Fsp3) is 0.167. The third-order valence-corrected chi connectivity index (χ3v) is 6.08. The van der Waals surface area contributed by atoms with E-state index in [4.69, 9.17) is 14.2 Å². The van der Waals surface area contributed by atoms with E-state index in [9.17, 15) is 4.39 Å². The van der Waals surface area contributed by atoms with E-state index >= 15 is 0 Å². The van der Waals surface area contributed by atoms with E-state index in [0.717, 1.165) is 28.1 Å². The quantitative estimate of drug-likeness (QED) is 0.375. The molecule has 0 amide bonds. The molecule has 1 aliphatic rings. The van der Waals surface area contributed by atoms with E-state index in [1.165, 1.54) is 23.9 Å². The molecule has 0 bridgehead atoms. The van der Waals surface area contributed by atoms with Crippen molar-refractivity contribution in [2.24, 2.45) is 0 Å². The molecule has 3 aromatic carbocycles. The Morgan fingerprint density at radius 1 is 1.06 bits per heavy atom. The molecule has 0 spiro atoms. The van der Waals surface area contributed by atoms with Gasteiger partial charge in [0.05, 0.1) is 13.7 Å². The van der Waals surface area contributed by atoms with Gasteiger partial charge in [-0.1, -0.05) is 30.0 Å². The smallest absolute Gasteiger partial charge is 0.196 e. The van der Waals surface area contributed by atoms with Crippen LogP contribution in [0.15, 0.2) is 71.9 Å². The predicted molar refractivity (Wildman–Crippen MR) is 120 cm³/mol. The second-order valence-electron chi connectivity index (χ2n) is 7.16. The number of ether oxygens (including phenoxy) is 3. The van der Waals surface area contributed by atoms with E-state index in [-0.39, 0.29) is 12.6 Å². The number of nitrogens with zero attached hydrogens (tertiary/aromatic N) is 3. The number of fused-ring (bicyclic) bond motifs is 1. The van der Waals surface area contributed by atoms with E-state index in [0.29, 0.717) is 29.1 Å². The Kier molecular flexibility index (Phi) is 5.79. The van der Waals surface area contributed by atoms with Crippen molar-refractivity contribution in [2.75, 3.05) is 13.9 Å². The Hall–Kier alpha value is -3.36. The van der Waals surface area contributed by atoms with Crippen molar-refractivity contribution < 1.29 is 18.6 Å². The molecule has 0 saturated carbocycles. The first-order chi connectivity index (χ1) is 15.7. The zero-order valence-electron chi connectivity index (χ0n) is 17.3. The first kappa shape index (κ1) is 20.5. The minimum Gasteiger partial charge on any atom is -0.497 e. The molecule has 6 nitrogen and oxygen atoms in total. The summed E-state index contributed by atoms with van der Waals surface area (Å²) in [5.41, 5.74) is 3.34. The van der Waals surface area contributed by atoms with Gasteiger partial charge in [-0.15, -0.1) is 10.2 Å². The zero-order chi connectivity index (χ0) is 21.9. The van der Waals surface area contributed by atoms with Crippen molar-refractivity contribution in [2.45, 2.75) is 17.5 Å². The molecule has 5 rings (SSSR count). The van der Waals surface area contributed by atoms with Crippen LogP contribution in [-0.4, -0.2) is 28.7 Å². The monoisotopic (exact) mass is 449 g/mol. The standard InChI is InChI=1S/C24H20FN3O3S/c1-29-21-9-7-16(8-10-21)23-26-27-24(28(23)20-5-3-2-4-6-20)32-14-18-12-19(25)11-17-13-30-15-31-22(17)18/h2-12H,13-15H2,1H3. The highest BCUT2D eigenvalue weighted by atomic mass is 32.2. The van der Waals surface area contributed by atoms with Gasteiger partial charge in [-0.05, 0) is 48.5 Å². The summed E-state index contributed by atoms with van der Waals surface area (Å²) in [6.45, 7) is 0.505. The molecule has 162 valence electrons. The minimum atomic E-state index is -0.308. The number of thioether (sulfide) groups is 1. The van der Waals surface area contributed by atoms with Crippen LogP contribution < -0.4 is 9.47 Å². The molecule has 0 N–H and O–H groups in total. The van der Waals surface area contributed by atoms with Crippen molar-refractivity contribution in [1.82, 2.24) is 14.8 Å². The summed E-state index contributed by atoms with van der Waals surface area (Å²) in [5.74, 6) is 2.35. The molecule has 1 aromatic heterocycles. The molecule has 0 radical (unpaired) electrons. The van der Waals surface area contributed by atoms with Crippen LogP contribution in [-0.2, 0) is 17.1 Å². The van der Waals surface area contributed by atoms with Crippen LogP contribution in [0, 0.1) is 5.82 Å². The summed E-state index contributed by atoms with van der Waals surface area (Å²) in [4.78, 5) is 0. The van der Waals surface area contributed by atoms with Crippen LogP contribution in [0.4, 0.5) is 4.39 Å². The Balaban J connectivity index is 1.51. The molecular formula is C24H20FN3O3S. The molecule has 1 aliphatic heterocycles. The van der Waals surface area contributed by atoms with Gasteiger partial charge < -0.3 is 14.2 Å². The van der Waals surface area contributed by atoms with Crippen molar-refractivity contribution in [3.05, 3.63) is 83.7 Å². The lowest BCUT2D eigenvalue weighted by Gasteiger charge is -2.20. The third-order valence-electron chi connectivity index (χ3n) is 5.10. The van der Waals surface area contributed by atoms with E-state index in [1.54, 1.807) is 7.11 Å². The highest BCUT2D eigenvalue weighted by molar-refractivity contribution is 7.98. The van der Waals surface area contributed by atoms with Gasteiger partial charge in [0.15, 0.2) is 17.8 Å². The van der Waals surface area contributed by atoms with Crippen LogP contribution in [0.5, 0.6) is 11.5 Å². The maximum atomic E-state index is 14.1. The summed E-state index contributed by atoms with van der Waals surface area (Å²) in [6, 6.07) is 20.6. The van der Waals surface area contributed by atoms with Crippen molar-refractivity contribution in [3.63, 3.8) is 0 Å². The SMILES string of the molecule is COc1ccc(-c2nnc(SCc3cc(F)cc4c3OCOC4)n2-c2ccccc2)cc1. The summed E-state index contributed by atoms with van der Waals surface area (Å²) in [5, 5.41) is 9.61. The number of halogens is 1. The first-order valence-corrected chi connectivity index (χ1v) is 11.0. The molecule has 4 aromatic rings. The molecule has 0 fully saturated rings. The summed E-state index contributed by atoms with van der Waals surface area (Å²) < 4.78 is 32.4. The molecular weight excluding hydrogens is 429 g/mol. The summed E-state index contributed by atoms with van der Waals surface area (Å²) >= 11 is 1.48. The van der Waals surface area contributed by atoms with Crippen LogP contribution in [0.1, 0.15) is 11.1 Å². The van der Waals surface area contributed by atoms with Crippen LogP contribution in [0.2, 0.25) is 0 Å². The number of aromatic nitrogens is 3. The normalized spacial score (nSPS) is 12.8. The molecule has 0 aliphatic carbocycles. The van der Waals surface area contributed by atoms with Gasteiger partial charge in [0.25, 0.3) is 0 Å². The lowest BCUT2D eigenvalue weighted by molar-refractivity contribution is -0.0171. The van der Waals surface area contributed by atoms with E-state index < -0.39 is 0 Å². The molecule has 32 heavy (non-hydrogen) atoms. The Labute approximate surface area is 189 Å². The second-order valence-corrected chi connectivity index (χ2v) is 8.10. The number of hydrogen-bond acceptors (Lipinski definition) is 6. The molecule has 0 saturated heterocycles. The van der Waals surface area contributed by atoms with Gasteiger partial charge in [-0.25, -0.2) is 4.39 Å². The number of hydrogen-bond donors (Lipinski definition) is 0. The van der Waals surface area contributed by atoms with Gasteiger partial charge in [-0.2, -0.15) is 0 Å². The Morgan fingerprint density at radius 2 is 1.88 bits per heavy atom. The number of para-hydroxylation sites is 1. The number of rotatable bonds is 6. The van der Waals surface area contributed by atoms with Crippen molar-refractivity contribution >= 4 is 11.8 Å². The third kappa shape index (κ3) is 4.06. The lowest BCUT2D eigenvalue weighted by atomic mass is 10.1. The van der Waals surface area contributed by atoms with Gasteiger partial charge >= 0.3 is 0 Å². The molecule has 2 heterocycles. The highest BCUT2D eigenvalue weighted by Crippen LogP contribution is 2.35. The topological polar surface area (TPSA) is 58.4 Å². The molecule has 0 unspecified atom stereocenters. The average Bonchev–Trinajstić information content (AvgIpc) is 3.27. The van der Waals surface area contributed by atoms with Crippen molar-refractivity contribution in [3.8, 4) is 28.6 Å². The number of benzene rings is 3. The summed E-state index contributed by atoms with van der Waals surface area (Å²) in [6.07, 6.45) is 0. The van der Waals surface area contributed by atoms with E-state index in [2.05, 4.69) is 10.2 Å².